The van der Waals surface area contributed by atoms with Crippen molar-refractivity contribution < 1.29 is 9.59 Å². The Morgan fingerprint density at radius 3 is 2.69 bits per heavy atom. The molecule has 0 unspecified atom stereocenters. The Morgan fingerprint density at radius 1 is 1.44 bits per heavy atom. The summed E-state index contributed by atoms with van der Waals surface area (Å²) in [5.74, 6) is -0.476. The van der Waals surface area contributed by atoms with Crippen LogP contribution in [0, 0.1) is 0 Å². The van der Waals surface area contributed by atoms with Crippen molar-refractivity contribution in [3.63, 3.8) is 0 Å². The summed E-state index contributed by atoms with van der Waals surface area (Å²) < 4.78 is 0. The van der Waals surface area contributed by atoms with Crippen LogP contribution in [-0.2, 0) is 9.59 Å². The first-order chi connectivity index (χ1) is 7.50. The lowest BCUT2D eigenvalue weighted by Crippen LogP contribution is -2.18. The molecule has 5 nitrogen and oxygen atoms in total. The monoisotopic (exact) mass is 221 g/mol. The van der Waals surface area contributed by atoms with E-state index >= 15 is 0 Å². The molecule has 0 aromatic carbocycles. The number of pyridine rings is 1. The molecule has 1 aromatic heterocycles. The number of aromatic nitrogens is 1. The van der Waals surface area contributed by atoms with Gasteiger partial charge in [0.15, 0.2) is 0 Å². The predicted molar refractivity (Wildman–Crippen MR) is 62.5 cm³/mol. The molecule has 0 spiro atoms. The molecule has 0 bridgehead atoms. The Hall–Kier alpha value is -1.91. The first kappa shape index (κ1) is 12.2. The zero-order chi connectivity index (χ0) is 12.1. The topological polar surface area (TPSA) is 62.3 Å². The first-order valence-electron chi connectivity index (χ1n) is 4.91. The van der Waals surface area contributed by atoms with E-state index in [9.17, 15) is 9.59 Å². The summed E-state index contributed by atoms with van der Waals surface area (Å²) in [6.45, 7) is 1.38. The summed E-state index contributed by atoms with van der Waals surface area (Å²) >= 11 is 0. The third-order valence-electron chi connectivity index (χ3n) is 1.96. The predicted octanol–water partition coefficient (Wildman–Crippen LogP) is 1.07. The van der Waals surface area contributed by atoms with E-state index in [2.05, 4.69) is 10.3 Å². The van der Waals surface area contributed by atoms with Crippen LogP contribution in [0.4, 0.5) is 11.4 Å². The fourth-order valence-corrected chi connectivity index (χ4v) is 1.29. The SMILES string of the molecule is CC(=O)CC(=O)Nc1cnccc1N(C)C. The lowest BCUT2D eigenvalue weighted by atomic mass is 10.2. The molecule has 0 radical (unpaired) electrons. The van der Waals surface area contributed by atoms with Crippen molar-refractivity contribution in [2.45, 2.75) is 13.3 Å². The van der Waals surface area contributed by atoms with Crippen LogP contribution in [-0.4, -0.2) is 30.8 Å². The van der Waals surface area contributed by atoms with Gasteiger partial charge in [0, 0.05) is 20.3 Å². The van der Waals surface area contributed by atoms with Crippen molar-refractivity contribution in [2.75, 3.05) is 24.3 Å². The number of carbonyl (C=O) groups is 2. The van der Waals surface area contributed by atoms with Gasteiger partial charge >= 0.3 is 0 Å². The summed E-state index contributed by atoms with van der Waals surface area (Å²) in [6.07, 6.45) is 3.10. The third-order valence-corrected chi connectivity index (χ3v) is 1.96. The molecule has 1 aromatic rings. The van der Waals surface area contributed by atoms with E-state index in [0.717, 1.165) is 5.69 Å². The Bertz CT molecular complexity index is 402. The zero-order valence-corrected chi connectivity index (χ0v) is 9.65. The molecule has 1 rings (SSSR count). The molecule has 0 saturated carbocycles. The molecule has 1 amide bonds. The van der Waals surface area contributed by atoms with E-state index in [1.165, 1.54) is 6.92 Å². The standard InChI is InChI=1S/C11H15N3O2/c1-8(15)6-11(16)13-9-7-12-5-4-10(9)14(2)3/h4-5,7H,6H2,1-3H3,(H,13,16). The molecule has 0 saturated heterocycles. The second-order valence-electron chi connectivity index (χ2n) is 3.71. The normalized spacial score (nSPS) is 9.69. The molecule has 0 aliphatic carbocycles. The van der Waals surface area contributed by atoms with Crippen molar-refractivity contribution in [2.24, 2.45) is 0 Å². The Kier molecular flexibility index (Phi) is 3.99. The van der Waals surface area contributed by atoms with Crippen LogP contribution in [0.15, 0.2) is 18.5 Å². The number of anilines is 2. The highest BCUT2D eigenvalue weighted by Gasteiger charge is 2.09. The van der Waals surface area contributed by atoms with Gasteiger partial charge in [0.1, 0.15) is 5.78 Å². The van der Waals surface area contributed by atoms with E-state index in [0.29, 0.717) is 5.69 Å². The summed E-state index contributed by atoms with van der Waals surface area (Å²) in [4.78, 5) is 28.0. The molecule has 1 N–H and O–H groups in total. The molecule has 16 heavy (non-hydrogen) atoms. The summed E-state index contributed by atoms with van der Waals surface area (Å²) in [5, 5.41) is 2.66. The molecule has 5 heteroatoms. The maximum atomic E-state index is 11.4. The van der Waals surface area contributed by atoms with Gasteiger partial charge in [-0.15, -0.1) is 0 Å². The quantitative estimate of drug-likeness (QED) is 0.772. The average molecular weight is 221 g/mol. The highest BCUT2D eigenvalue weighted by atomic mass is 16.2. The Morgan fingerprint density at radius 2 is 2.12 bits per heavy atom. The number of hydrogen-bond donors (Lipinski definition) is 1. The first-order valence-corrected chi connectivity index (χ1v) is 4.91. The van der Waals surface area contributed by atoms with E-state index in [-0.39, 0.29) is 18.1 Å². The second kappa shape index (κ2) is 5.25. The molecular formula is C11H15N3O2. The molecule has 0 atom stereocenters. The maximum Gasteiger partial charge on any atom is 0.231 e. The van der Waals surface area contributed by atoms with Gasteiger partial charge in [0.05, 0.1) is 24.0 Å². The number of ketones is 1. The number of nitrogens with one attached hydrogen (secondary N) is 1. The zero-order valence-electron chi connectivity index (χ0n) is 9.65. The van der Waals surface area contributed by atoms with E-state index in [4.69, 9.17) is 0 Å². The van der Waals surface area contributed by atoms with Gasteiger partial charge in [-0.3, -0.25) is 14.6 Å². The van der Waals surface area contributed by atoms with Crippen LogP contribution in [0.1, 0.15) is 13.3 Å². The fourth-order valence-electron chi connectivity index (χ4n) is 1.29. The minimum absolute atomic E-state index is 0.109. The smallest absolute Gasteiger partial charge is 0.231 e. The van der Waals surface area contributed by atoms with Crippen LogP contribution in [0.3, 0.4) is 0 Å². The van der Waals surface area contributed by atoms with Crippen molar-refractivity contribution in [1.29, 1.82) is 0 Å². The molecule has 86 valence electrons. The fraction of sp³-hybridized carbons (Fsp3) is 0.364. The van der Waals surface area contributed by atoms with Crippen LogP contribution >= 0.6 is 0 Å². The lowest BCUT2D eigenvalue weighted by Gasteiger charge is -2.16. The number of Topliss-reactive ketones (excluding diaryl/α,β-unsaturated/α-hetero) is 1. The second-order valence-corrected chi connectivity index (χ2v) is 3.71. The highest BCUT2D eigenvalue weighted by molar-refractivity contribution is 6.04. The van der Waals surface area contributed by atoms with Crippen molar-refractivity contribution in [1.82, 2.24) is 4.98 Å². The third kappa shape index (κ3) is 3.34. The molecule has 1 heterocycles. The molecular weight excluding hydrogens is 206 g/mol. The summed E-state index contributed by atoms with van der Waals surface area (Å²) in [6, 6.07) is 1.80. The number of rotatable bonds is 4. The van der Waals surface area contributed by atoms with Gasteiger partial charge in [-0.05, 0) is 13.0 Å². The van der Waals surface area contributed by atoms with Crippen LogP contribution in [0.25, 0.3) is 0 Å². The number of nitrogens with zero attached hydrogens (tertiary/aromatic N) is 2. The minimum atomic E-state index is -0.316. The van der Waals surface area contributed by atoms with Crippen molar-refractivity contribution in [3.8, 4) is 0 Å². The Balaban J connectivity index is 2.80. The molecule has 0 fully saturated rings. The number of hydrogen-bond acceptors (Lipinski definition) is 4. The van der Waals surface area contributed by atoms with Crippen LogP contribution < -0.4 is 10.2 Å². The van der Waals surface area contributed by atoms with Gasteiger partial charge in [0.2, 0.25) is 5.91 Å². The highest BCUT2D eigenvalue weighted by Crippen LogP contribution is 2.22. The van der Waals surface area contributed by atoms with Crippen LogP contribution in [0.2, 0.25) is 0 Å². The van der Waals surface area contributed by atoms with E-state index in [1.807, 2.05) is 19.0 Å². The molecule has 0 aliphatic rings. The van der Waals surface area contributed by atoms with Crippen LogP contribution in [0.5, 0.6) is 0 Å². The molecule has 0 aliphatic heterocycles. The lowest BCUT2D eigenvalue weighted by molar-refractivity contribution is -0.124. The number of carbonyl (C=O) groups excluding carboxylic acids is 2. The van der Waals surface area contributed by atoms with E-state index < -0.39 is 0 Å². The minimum Gasteiger partial charge on any atom is -0.376 e. The average Bonchev–Trinajstić information content (AvgIpc) is 2.16. The van der Waals surface area contributed by atoms with Crippen molar-refractivity contribution >= 4 is 23.1 Å². The van der Waals surface area contributed by atoms with Crippen molar-refractivity contribution in [3.05, 3.63) is 18.5 Å². The van der Waals surface area contributed by atoms with Gasteiger partial charge in [0.25, 0.3) is 0 Å². The number of amides is 1. The maximum absolute atomic E-state index is 11.4. The van der Waals surface area contributed by atoms with Gasteiger partial charge < -0.3 is 10.2 Å². The van der Waals surface area contributed by atoms with Gasteiger partial charge in [-0.2, -0.15) is 0 Å². The van der Waals surface area contributed by atoms with Gasteiger partial charge in [-0.1, -0.05) is 0 Å². The van der Waals surface area contributed by atoms with E-state index in [1.54, 1.807) is 18.5 Å². The summed E-state index contributed by atoms with van der Waals surface area (Å²) in [7, 11) is 3.74. The van der Waals surface area contributed by atoms with Gasteiger partial charge in [-0.25, -0.2) is 0 Å². The largest absolute Gasteiger partial charge is 0.376 e. The summed E-state index contributed by atoms with van der Waals surface area (Å²) in [5.41, 5.74) is 1.46. The Labute approximate surface area is 94.5 Å².